The SMILES string of the molecule is N#C/C(c1cnc(C(F)(F)F)c(C#N)c1)=c1/cc/c(=C(/C#N)c2cnc(C(F)(F)F)c(C#N)c2)c(C#N)c1C#N. The monoisotopic (exact) mass is 544 g/mol. The molecule has 0 amide bonds. The number of aromatic nitrogens is 2. The molecule has 0 aliphatic rings. The number of rotatable bonds is 2. The van der Waals surface area contributed by atoms with Crippen LogP contribution in [0.25, 0.3) is 11.1 Å². The third-order valence-corrected chi connectivity index (χ3v) is 5.32. The fourth-order valence-electron chi connectivity index (χ4n) is 3.64. The summed E-state index contributed by atoms with van der Waals surface area (Å²) in [5.74, 6) is 0. The maximum atomic E-state index is 13.1. The molecule has 0 N–H and O–H groups in total. The number of nitriles is 6. The smallest absolute Gasteiger partial charge is 0.250 e. The fraction of sp³-hybridized carbons (Fsp3) is 0.0769. The van der Waals surface area contributed by atoms with Crippen LogP contribution in [-0.2, 0) is 12.4 Å². The molecule has 1 aromatic carbocycles. The summed E-state index contributed by atoms with van der Waals surface area (Å²) in [5, 5.41) is 56.9. The average molecular weight is 544 g/mol. The van der Waals surface area contributed by atoms with Gasteiger partial charge in [-0.25, -0.2) is 9.97 Å². The molecule has 8 nitrogen and oxygen atoms in total. The molecular formula is C26H6F6N8. The van der Waals surface area contributed by atoms with Crippen molar-refractivity contribution in [3.8, 4) is 36.4 Å². The van der Waals surface area contributed by atoms with E-state index in [1.54, 1.807) is 24.3 Å². The molecule has 0 saturated heterocycles. The second-order valence-electron chi connectivity index (χ2n) is 7.57. The maximum Gasteiger partial charge on any atom is 0.434 e. The summed E-state index contributed by atoms with van der Waals surface area (Å²) < 4.78 is 78.8. The molecule has 14 heteroatoms. The first-order chi connectivity index (χ1) is 18.9. The van der Waals surface area contributed by atoms with Crippen LogP contribution in [0.3, 0.4) is 0 Å². The summed E-state index contributed by atoms with van der Waals surface area (Å²) in [4.78, 5) is 6.45. The normalized spacial score (nSPS) is 12.4. The molecule has 0 fully saturated rings. The van der Waals surface area contributed by atoms with E-state index in [1.807, 2.05) is 0 Å². The van der Waals surface area contributed by atoms with Crippen molar-refractivity contribution in [2.24, 2.45) is 0 Å². The van der Waals surface area contributed by atoms with Crippen molar-refractivity contribution in [3.05, 3.63) is 91.9 Å². The molecule has 2 heterocycles. The summed E-state index contributed by atoms with van der Waals surface area (Å²) in [6.45, 7) is 0. The molecule has 0 unspecified atom stereocenters. The summed E-state index contributed by atoms with van der Waals surface area (Å²) in [7, 11) is 0. The van der Waals surface area contributed by atoms with Gasteiger partial charge < -0.3 is 0 Å². The second-order valence-corrected chi connectivity index (χ2v) is 7.57. The van der Waals surface area contributed by atoms with Crippen LogP contribution in [-0.4, -0.2) is 9.97 Å². The Kier molecular flexibility index (Phi) is 7.54. The fourth-order valence-corrected chi connectivity index (χ4v) is 3.64. The number of alkyl halides is 6. The van der Waals surface area contributed by atoms with Crippen LogP contribution in [0, 0.1) is 68.0 Å². The van der Waals surface area contributed by atoms with Gasteiger partial charge in [0.2, 0.25) is 0 Å². The average Bonchev–Trinajstić information content (AvgIpc) is 2.92. The van der Waals surface area contributed by atoms with Gasteiger partial charge in [0.1, 0.15) is 36.4 Å². The molecular weight excluding hydrogens is 538 g/mol. The first kappa shape index (κ1) is 28.4. The number of hydrogen-bond donors (Lipinski definition) is 0. The van der Waals surface area contributed by atoms with Crippen molar-refractivity contribution in [1.29, 1.82) is 31.6 Å². The maximum absolute atomic E-state index is 13.1. The zero-order valence-corrected chi connectivity index (χ0v) is 19.3. The zero-order chi connectivity index (χ0) is 29.8. The molecule has 192 valence electrons. The summed E-state index contributed by atoms with van der Waals surface area (Å²) in [5.41, 5.74) is -7.23. The Balaban J connectivity index is 2.44. The van der Waals surface area contributed by atoms with E-state index in [2.05, 4.69) is 9.97 Å². The van der Waals surface area contributed by atoms with Gasteiger partial charge in [0, 0.05) is 34.0 Å². The Labute approximate surface area is 220 Å². The summed E-state index contributed by atoms with van der Waals surface area (Å²) in [6, 6.07) is 13.1. The molecule has 0 saturated carbocycles. The van der Waals surface area contributed by atoms with Crippen molar-refractivity contribution < 1.29 is 26.3 Å². The van der Waals surface area contributed by atoms with Crippen molar-refractivity contribution >= 4 is 11.1 Å². The minimum Gasteiger partial charge on any atom is -0.250 e. The van der Waals surface area contributed by atoms with Crippen molar-refractivity contribution in [3.63, 3.8) is 0 Å². The predicted molar refractivity (Wildman–Crippen MR) is 119 cm³/mol. The van der Waals surface area contributed by atoms with Crippen LogP contribution >= 0.6 is 0 Å². The van der Waals surface area contributed by atoms with Crippen LogP contribution in [0.4, 0.5) is 26.3 Å². The molecule has 0 aliphatic heterocycles. The van der Waals surface area contributed by atoms with Crippen LogP contribution in [0.5, 0.6) is 0 Å². The minimum atomic E-state index is -4.97. The Morgan fingerprint density at radius 3 is 1.18 bits per heavy atom. The Morgan fingerprint density at radius 1 is 0.575 bits per heavy atom. The predicted octanol–water partition coefficient (Wildman–Crippen LogP) is 3.45. The number of nitrogens with zero attached hydrogens (tertiary/aromatic N) is 8. The van der Waals surface area contributed by atoms with Gasteiger partial charge in [-0.05, 0) is 12.1 Å². The molecule has 2 aromatic heterocycles. The quantitative estimate of drug-likeness (QED) is 0.442. The van der Waals surface area contributed by atoms with E-state index in [-0.39, 0.29) is 21.6 Å². The van der Waals surface area contributed by atoms with E-state index in [4.69, 9.17) is 10.5 Å². The van der Waals surface area contributed by atoms with Crippen molar-refractivity contribution in [2.45, 2.75) is 12.4 Å². The van der Waals surface area contributed by atoms with E-state index in [1.165, 1.54) is 12.1 Å². The third-order valence-electron chi connectivity index (χ3n) is 5.32. The lowest BCUT2D eigenvalue weighted by molar-refractivity contribution is -0.142. The molecule has 0 atom stereocenters. The van der Waals surface area contributed by atoms with E-state index in [0.717, 1.165) is 24.3 Å². The van der Waals surface area contributed by atoms with E-state index in [0.29, 0.717) is 12.4 Å². The number of pyridine rings is 2. The van der Waals surface area contributed by atoms with Crippen molar-refractivity contribution in [2.75, 3.05) is 0 Å². The lowest BCUT2D eigenvalue weighted by Gasteiger charge is -2.10. The highest BCUT2D eigenvalue weighted by atomic mass is 19.4. The van der Waals surface area contributed by atoms with Gasteiger partial charge in [-0.3, -0.25) is 0 Å². The minimum absolute atomic E-state index is 0.253. The Morgan fingerprint density at radius 2 is 0.925 bits per heavy atom. The summed E-state index contributed by atoms with van der Waals surface area (Å²) in [6.07, 6.45) is -8.61. The highest BCUT2D eigenvalue weighted by molar-refractivity contribution is 5.81. The molecule has 0 spiro atoms. The van der Waals surface area contributed by atoms with Gasteiger partial charge in [0.05, 0.1) is 33.4 Å². The number of halogens is 6. The Bertz CT molecular complexity index is 1810. The van der Waals surface area contributed by atoms with Crippen LogP contribution in [0.1, 0.15) is 44.8 Å². The van der Waals surface area contributed by atoms with Crippen LogP contribution in [0.2, 0.25) is 0 Å². The molecule has 0 radical (unpaired) electrons. The second kappa shape index (κ2) is 10.6. The van der Waals surface area contributed by atoms with Gasteiger partial charge in [-0.15, -0.1) is 0 Å². The zero-order valence-electron chi connectivity index (χ0n) is 19.3. The largest absolute Gasteiger partial charge is 0.434 e. The first-order valence-corrected chi connectivity index (χ1v) is 10.3. The highest BCUT2D eigenvalue weighted by Gasteiger charge is 2.36. The van der Waals surface area contributed by atoms with Gasteiger partial charge in [0.25, 0.3) is 0 Å². The lowest BCUT2D eigenvalue weighted by atomic mass is 9.94. The Hall–Kier alpha value is -6.22. The number of hydrogen-bond acceptors (Lipinski definition) is 8. The lowest BCUT2D eigenvalue weighted by Crippen LogP contribution is -2.23. The third kappa shape index (κ3) is 5.11. The molecule has 0 aliphatic carbocycles. The van der Waals surface area contributed by atoms with Crippen molar-refractivity contribution in [1.82, 2.24) is 9.97 Å². The standard InChI is InChI=1S/C26H6F6N8/c27-25(28,29)23-13(5-33)3-15(11-39-23)19(7-35)17-1-2-18(22(10-38)21(17)9-37)20(8-36)16-4-14(6-34)24(40-12-16)26(30,31)32/h1-4,11-12H/b19-17+,20-18+. The van der Waals surface area contributed by atoms with Gasteiger partial charge in [0.15, 0.2) is 11.4 Å². The number of benzene rings is 1. The van der Waals surface area contributed by atoms with Crippen LogP contribution in [0.15, 0.2) is 36.7 Å². The van der Waals surface area contributed by atoms with Gasteiger partial charge in [-0.2, -0.15) is 57.9 Å². The summed E-state index contributed by atoms with van der Waals surface area (Å²) >= 11 is 0. The molecule has 0 bridgehead atoms. The molecule has 3 rings (SSSR count). The van der Waals surface area contributed by atoms with E-state index in [9.17, 15) is 47.4 Å². The first-order valence-electron chi connectivity index (χ1n) is 10.3. The van der Waals surface area contributed by atoms with Crippen LogP contribution < -0.4 is 10.4 Å². The van der Waals surface area contributed by atoms with E-state index < -0.39 is 57.1 Å². The highest BCUT2D eigenvalue weighted by Crippen LogP contribution is 2.32. The topological polar surface area (TPSA) is 169 Å². The van der Waals surface area contributed by atoms with E-state index >= 15 is 0 Å². The van der Waals surface area contributed by atoms with Gasteiger partial charge in [-0.1, -0.05) is 12.1 Å². The molecule has 40 heavy (non-hydrogen) atoms. The van der Waals surface area contributed by atoms with Gasteiger partial charge >= 0.3 is 12.4 Å². The molecule has 3 aromatic rings.